The minimum Gasteiger partial charge on any atom is -0.490 e. The number of amides is 1. The topological polar surface area (TPSA) is 42.0 Å². The van der Waals surface area contributed by atoms with Crippen molar-refractivity contribution in [3.63, 3.8) is 0 Å². The molecule has 152 valence electrons. The van der Waals surface area contributed by atoms with E-state index in [1.165, 1.54) is 4.90 Å². The quantitative estimate of drug-likeness (QED) is 0.457. The van der Waals surface area contributed by atoms with E-state index in [1.807, 2.05) is 31.2 Å². The van der Waals surface area contributed by atoms with Crippen LogP contribution in [-0.2, 0) is 11.4 Å². The van der Waals surface area contributed by atoms with E-state index in [2.05, 4.69) is 0 Å². The molecule has 0 aliphatic carbocycles. The monoisotopic (exact) mass is 450 g/mol. The third-order valence-electron chi connectivity index (χ3n) is 4.43. The van der Waals surface area contributed by atoms with Crippen molar-refractivity contribution in [3.8, 4) is 11.5 Å². The first kappa shape index (κ1) is 21.4. The van der Waals surface area contributed by atoms with Crippen LogP contribution in [0.2, 0.25) is 10.0 Å². The van der Waals surface area contributed by atoms with Crippen LogP contribution in [0.1, 0.15) is 18.1 Å². The Morgan fingerprint density at radius 3 is 2.41 bits per heavy atom. The Bertz CT molecular complexity index is 994. The molecule has 0 aromatic heterocycles. The lowest BCUT2D eigenvalue weighted by Gasteiger charge is -2.14. The van der Waals surface area contributed by atoms with Gasteiger partial charge in [0.25, 0.3) is 5.91 Å². The van der Waals surface area contributed by atoms with Crippen LogP contribution in [0, 0.1) is 0 Å². The highest BCUT2D eigenvalue weighted by Crippen LogP contribution is 2.32. The van der Waals surface area contributed by atoms with E-state index in [1.54, 1.807) is 37.2 Å². The molecule has 1 saturated heterocycles. The number of carbonyl (C=O) groups is 1. The van der Waals surface area contributed by atoms with Crippen LogP contribution in [0.15, 0.2) is 42.1 Å². The van der Waals surface area contributed by atoms with E-state index in [0.717, 1.165) is 11.1 Å². The first-order valence-corrected chi connectivity index (χ1v) is 10.1. The number of hydrogen-bond donors (Lipinski definition) is 0. The maximum atomic E-state index is 12.4. The van der Waals surface area contributed by atoms with Crippen molar-refractivity contribution >= 4 is 52.5 Å². The molecule has 0 bridgehead atoms. The normalized spacial score (nSPS) is 15.4. The number of carbonyl (C=O) groups excluding carboxylic acids is 1. The molecule has 8 heteroatoms. The van der Waals surface area contributed by atoms with Gasteiger partial charge in [0.15, 0.2) is 16.6 Å². The molecule has 2 aromatic carbocycles. The number of likely N-dealkylation sites (N-methyl/N-ethyl adjacent to an activating group) is 2. The van der Waals surface area contributed by atoms with Gasteiger partial charge in [-0.15, -0.1) is 0 Å². The Balaban J connectivity index is 1.84. The lowest BCUT2D eigenvalue weighted by atomic mass is 10.1. The number of hydrogen-bond acceptors (Lipinski definition) is 4. The van der Waals surface area contributed by atoms with Gasteiger partial charge in [-0.3, -0.25) is 9.69 Å². The highest BCUT2D eigenvalue weighted by Gasteiger charge is 2.32. The third kappa shape index (κ3) is 4.66. The predicted octanol–water partition coefficient (Wildman–Crippen LogP) is 5.00. The highest BCUT2D eigenvalue weighted by atomic mass is 35.5. The molecule has 1 fully saturated rings. The van der Waals surface area contributed by atoms with E-state index in [-0.39, 0.29) is 12.5 Å². The van der Waals surface area contributed by atoms with Crippen LogP contribution in [0.5, 0.6) is 11.5 Å². The average molecular weight is 451 g/mol. The molecule has 2 aromatic rings. The van der Waals surface area contributed by atoms with Gasteiger partial charge in [0, 0.05) is 29.7 Å². The molecule has 0 atom stereocenters. The molecular weight excluding hydrogens is 431 g/mol. The van der Waals surface area contributed by atoms with Crippen molar-refractivity contribution in [2.75, 3.05) is 20.7 Å². The molecule has 1 heterocycles. The van der Waals surface area contributed by atoms with Crippen molar-refractivity contribution in [1.82, 2.24) is 9.80 Å². The second-order valence-corrected chi connectivity index (χ2v) is 7.61. The van der Waals surface area contributed by atoms with Gasteiger partial charge in [0.05, 0.1) is 6.61 Å². The molecule has 0 spiro atoms. The summed E-state index contributed by atoms with van der Waals surface area (Å²) in [5.41, 5.74) is 2.12. The molecule has 0 radical (unpaired) electrons. The fourth-order valence-electron chi connectivity index (χ4n) is 2.84. The number of ether oxygens (including phenoxy) is 2. The van der Waals surface area contributed by atoms with Gasteiger partial charge in [-0.2, -0.15) is 0 Å². The number of nitrogens with zero attached hydrogens (tertiary/aromatic N) is 2. The van der Waals surface area contributed by atoms with Gasteiger partial charge < -0.3 is 14.4 Å². The van der Waals surface area contributed by atoms with E-state index in [4.69, 9.17) is 44.9 Å². The summed E-state index contributed by atoms with van der Waals surface area (Å²) < 4.78 is 11.7. The van der Waals surface area contributed by atoms with Crippen LogP contribution in [0.25, 0.3) is 6.08 Å². The van der Waals surface area contributed by atoms with Crippen LogP contribution >= 0.6 is 35.4 Å². The number of thiocarbonyl (C=S) groups is 1. The molecule has 3 rings (SSSR count). The summed E-state index contributed by atoms with van der Waals surface area (Å²) in [6.07, 6.45) is 1.78. The Labute approximate surface area is 185 Å². The van der Waals surface area contributed by atoms with Crippen molar-refractivity contribution < 1.29 is 14.3 Å². The molecule has 0 unspecified atom stereocenters. The van der Waals surface area contributed by atoms with Gasteiger partial charge in [0.1, 0.15) is 12.3 Å². The number of halogens is 2. The van der Waals surface area contributed by atoms with Gasteiger partial charge in [-0.1, -0.05) is 35.3 Å². The Morgan fingerprint density at radius 1 is 1.03 bits per heavy atom. The smallest absolute Gasteiger partial charge is 0.276 e. The first-order valence-electron chi connectivity index (χ1n) is 8.92. The zero-order valence-electron chi connectivity index (χ0n) is 16.2. The van der Waals surface area contributed by atoms with Crippen LogP contribution < -0.4 is 9.47 Å². The largest absolute Gasteiger partial charge is 0.490 e. The molecular formula is C21H20Cl2N2O3S. The zero-order valence-corrected chi connectivity index (χ0v) is 18.6. The maximum absolute atomic E-state index is 12.4. The Hall–Kier alpha value is -2.28. The SMILES string of the molecule is CCOc1cc(/C=C2/C(=O)N(C)C(=S)N2C)ccc1OCc1ccc(Cl)cc1Cl. The summed E-state index contributed by atoms with van der Waals surface area (Å²) in [6.45, 7) is 2.65. The van der Waals surface area contributed by atoms with E-state index < -0.39 is 0 Å². The van der Waals surface area contributed by atoms with Gasteiger partial charge in [-0.25, -0.2) is 0 Å². The van der Waals surface area contributed by atoms with Crippen molar-refractivity contribution in [2.24, 2.45) is 0 Å². The fourth-order valence-corrected chi connectivity index (χ4v) is 3.49. The average Bonchev–Trinajstić information content (AvgIpc) is 2.87. The molecule has 29 heavy (non-hydrogen) atoms. The second-order valence-electron chi connectivity index (χ2n) is 6.40. The Kier molecular flexibility index (Phi) is 6.67. The van der Waals surface area contributed by atoms with E-state index in [0.29, 0.717) is 39.0 Å². The van der Waals surface area contributed by atoms with Gasteiger partial charge >= 0.3 is 0 Å². The molecule has 0 N–H and O–H groups in total. The number of rotatable bonds is 6. The Morgan fingerprint density at radius 2 is 1.79 bits per heavy atom. The summed E-state index contributed by atoms with van der Waals surface area (Å²) in [7, 11) is 3.43. The van der Waals surface area contributed by atoms with Crippen LogP contribution in [0.4, 0.5) is 0 Å². The van der Waals surface area contributed by atoms with Gasteiger partial charge in [-0.05, 0) is 55.0 Å². The first-order chi connectivity index (χ1) is 13.8. The van der Waals surface area contributed by atoms with Gasteiger partial charge in [0.2, 0.25) is 0 Å². The fraction of sp³-hybridized carbons (Fsp3) is 0.238. The molecule has 0 saturated carbocycles. The lowest BCUT2D eigenvalue weighted by Crippen LogP contribution is -2.26. The molecule has 5 nitrogen and oxygen atoms in total. The highest BCUT2D eigenvalue weighted by molar-refractivity contribution is 7.80. The second kappa shape index (κ2) is 9.03. The van der Waals surface area contributed by atoms with Crippen molar-refractivity contribution in [1.29, 1.82) is 0 Å². The lowest BCUT2D eigenvalue weighted by molar-refractivity contribution is -0.121. The molecule has 1 amide bonds. The summed E-state index contributed by atoms with van der Waals surface area (Å²) >= 11 is 17.4. The summed E-state index contributed by atoms with van der Waals surface area (Å²) in [4.78, 5) is 15.5. The molecule has 1 aliphatic rings. The maximum Gasteiger partial charge on any atom is 0.276 e. The van der Waals surface area contributed by atoms with Crippen LogP contribution in [-0.4, -0.2) is 41.5 Å². The molecule has 1 aliphatic heterocycles. The number of benzene rings is 2. The van der Waals surface area contributed by atoms with Crippen molar-refractivity contribution in [3.05, 3.63) is 63.3 Å². The van der Waals surface area contributed by atoms with Crippen LogP contribution in [0.3, 0.4) is 0 Å². The predicted molar refractivity (Wildman–Crippen MR) is 120 cm³/mol. The minimum absolute atomic E-state index is 0.145. The van der Waals surface area contributed by atoms with E-state index >= 15 is 0 Å². The minimum atomic E-state index is -0.145. The standard InChI is InChI=1S/C21H20Cl2N2O3S/c1-4-27-19-10-13(9-17-20(26)25(3)21(29)24(17)2)5-8-18(19)28-12-14-6-7-15(22)11-16(14)23/h5-11H,4,12H2,1-3H3/b17-9-. The summed E-state index contributed by atoms with van der Waals surface area (Å²) in [5.74, 6) is 1.02. The van der Waals surface area contributed by atoms with Crippen molar-refractivity contribution in [2.45, 2.75) is 13.5 Å². The van der Waals surface area contributed by atoms with E-state index in [9.17, 15) is 4.79 Å². The third-order valence-corrected chi connectivity index (χ3v) is 5.56. The zero-order chi connectivity index (χ0) is 21.1. The summed E-state index contributed by atoms with van der Waals surface area (Å²) in [6, 6.07) is 10.8. The summed E-state index contributed by atoms with van der Waals surface area (Å²) in [5, 5.41) is 1.58.